The molecule has 0 bridgehead atoms. The van der Waals surface area contributed by atoms with Crippen molar-refractivity contribution in [1.29, 1.82) is 0 Å². The van der Waals surface area contributed by atoms with Gasteiger partial charge in [-0.15, -0.1) is 0 Å². The summed E-state index contributed by atoms with van der Waals surface area (Å²) in [4.78, 5) is 2.53. The molecule has 0 radical (unpaired) electrons. The molecule has 4 rings (SSSR count). The topological polar surface area (TPSA) is 40.2 Å². The minimum absolute atomic E-state index is 0.0997. The summed E-state index contributed by atoms with van der Waals surface area (Å²) in [6, 6.07) is 6.28. The highest BCUT2D eigenvalue weighted by molar-refractivity contribution is 5.44. The van der Waals surface area contributed by atoms with E-state index in [9.17, 15) is 0 Å². The summed E-state index contributed by atoms with van der Waals surface area (Å²) >= 11 is 0. The predicted octanol–water partition coefficient (Wildman–Crippen LogP) is 3.21. The third kappa shape index (κ3) is 3.64. The number of piperidine rings is 1. The van der Waals surface area contributed by atoms with Crippen molar-refractivity contribution < 1.29 is 18.9 Å². The van der Waals surface area contributed by atoms with Gasteiger partial charge in [-0.25, -0.2) is 0 Å². The first-order valence-electron chi connectivity index (χ1n) is 9.62. The van der Waals surface area contributed by atoms with Gasteiger partial charge in [-0.2, -0.15) is 0 Å². The third-order valence-corrected chi connectivity index (χ3v) is 5.96. The first kappa shape index (κ1) is 17.1. The van der Waals surface area contributed by atoms with E-state index in [1.165, 1.54) is 12.0 Å². The monoisotopic (exact) mass is 347 g/mol. The fourth-order valence-electron chi connectivity index (χ4n) is 4.50. The maximum Gasteiger partial charge on any atom is 0.231 e. The summed E-state index contributed by atoms with van der Waals surface area (Å²) < 4.78 is 22.7. The lowest BCUT2D eigenvalue weighted by Gasteiger charge is -2.42. The second-order valence-corrected chi connectivity index (χ2v) is 7.35. The lowest BCUT2D eigenvalue weighted by Crippen LogP contribution is -2.47. The van der Waals surface area contributed by atoms with Gasteiger partial charge in [0.1, 0.15) is 0 Å². The van der Waals surface area contributed by atoms with Crippen molar-refractivity contribution in [1.82, 2.24) is 4.90 Å². The lowest BCUT2D eigenvalue weighted by atomic mass is 9.78. The summed E-state index contributed by atoms with van der Waals surface area (Å²) in [5, 5.41) is 0. The van der Waals surface area contributed by atoms with Crippen LogP contribution in [0.1, 0.15) is 38.2 Å². The number of benzene rings is 1. The molecule has 1 spiro atoms. The number of nitrogens with zero attached hydrogens (tertiary/aromatic N) is 1. The Bertz CT molecular complexity index is 583. The first-order valence-corrected chi connectivity index (χ1v) is 9.62. The van der Waals surface area contributed by atoms with Crippen LogP contribution in [-0.4, -0.2) is 50.2 Å². The van der Waals surface area contributed by atoms with E-state index in [4.69, 9.17) is 18.9 Å². The molecule has 5 nitrogen and oxygen atoms in total. The van der Waals surface area contributed by atoms with Crippen LogP contribution in [0.15, 0.2) is 18.2 Å². The first-order chi connectivity index (χ1) is 12.3. The van der Waals surface area contributed by atoms with Crippen molar-refractivity contribution in [3.8, 4) is 11.5 Å². The van der Waals surface area contributed by atoms with Crippen LogP contribution in [0.5, 0.6) is 11.5 Å². The molecule has 3 heterocycles. The van der Waals surface area contributed by atoms with E-state index in [0.717, 1.165) is 70.2 Å². The van der Waals surface area contributed by atoms with Gasteiger partial charge in [0.2, 0.25) is 6.79 Å². The Hall–Kier alpha value is -1.30. The van der Waals surface area contributed by atoms with E-state index in [1.54, 1.807) is 0 Å². The summed E-state index contributed by atoms with van der Waals surface area (Å²) in [5.41, 5.74) is 1.39. The fourth-order valence-corrected chi connectivity index (χ4v) is 4.50. The van der Waals surface area contributed by atoms with Crippen LogP contribution >= 0.6 is 0 Å². The van der Waals surface area contributed by atoms with Crippen LogP contribution in [-0.2, 0) is 16.0 Å². The molecule has 1 aromatic rings. The number of hydrogen-bond acceptors (Lipinski definition) is 5. The van der Waals surface area contributed by atoms with Gasteiger partial charge in [-0.3, -0.25) is 4.90 Å². The molecular weight excluding hydrogens is 318 g/mol. The van der Waals surface area contributed by atoms with Crippen molar-refractivity contribution in [3.05, 3.63) is 23.8 Å². The molecule has 0 aromatic heterocycles. The van der Waals surface area contributed by atoms with Crippen LogP contribution in [0.4, 0.5) is 0 Å². The Labute approximate surface area is 150 Å². The summed E-state index contributed by atoms with van der Waals surface area (Å²) in [7, 11) is 0. The number of rotatable bonds is 6. The lowest BCUT2D eigenvalue weighted by molar-refractivity contribution is -0.0728. The molecule has 3 aliphatic rings. The van der Waals surface area contributed by atoms with E-state index in [2.05, 4.69) is 24.0 Å². The smallest absolute Gasteiger partial charge is 0.231 e. The molecule has 3 aliphatic heterocycles. The van der Waals surface area contributed by atoms with Gasteiger partial charge in [0.15, 0.2) is 11.5 Å². The average molecular weight is 347 g/mol. The molecule has 138 valence electrons. The normalized spacial score (nSPS) is 24.9. The largest absolute Gasteiger partial charge is 0.454 e. The van der Waals surface area contributed by atoms with E-state index < -0.39 is 0 Å². The minimum atomic E-state index is 0.0997. The van der Waals surface area contributed by atoms with Crippen molar-refractivity contribution >= 4 is 0 Å². The Morgan fingerprint density at radius 1 is 1.20 bits per heavy atom. The highest BCUT2D eigenvalue weighted by Crippen LogP contribution is 2.42. The van der Waals surface area contributed by atoms with Gasteiger partial charge in [-0.05, 0) is 56.2 Å². The number of hydrogen-bond donors (Lipinski definition) is 0. The molecule has 0 unspecified atom stereocenters. The van der Waals surface area contributed by atoms with Crippen LogP contribution in [0.3, 0.4) is 0 Å². The molecule has 25 heavy (non-hydrogen) atoms. The highest BCUT2D eigenvalue weighted by Gasteiger charge is 2.45. The van der Waals surface area contributed by atoms with E-state index >= 15 is 0 Å². The predicted molar refractivity (Wildman–Crippen MR) is 95.0 cm³/mol. The Kier molecular flexibility index (Phi) is 5.15. The molecule has 5 heteroatoms. The van der Waals surface area contributed by atoms with Crippen molar-refractivity contribution in [3.63, 3.8) is 0 Å². The van der Waals surface area contributed by atoms with E-state index in [1.807, 2.05) is 6.07 Å². The summed E-state index contributed by atoms with van der Waals surface area (Å²) in [6.07, 6.45) is 4.59. The number of ether oxygens (including phenoxy) is 4. The molecule has 2 fully saturated rings. The van der Waals surface area contributed by atoms with Gasteiger partial charge in [0.25, 0.3) is 0 Å². The third-order valence-electron chi connectivity index (χ3n) is 5.96. The quantitative estimate of drug-likeness (QED) is 0.739. The maximum absolute atomic E-state index is 6.27. The summed E-state index contributed by atoms with van der Waals surface area (Å²) in [5.74, 6) is 2.39. The van der Waals surface area contributed by atoms with Gasteiger partial charge >= 0.3 is 0 Å². The molecule has 2 saturated heterocycles. The van der Waals surface area contributed by atoms with Crippen molar-refractivity contribution in [2.24, 2.45) is 5.92 Å². The van der Waals surface area contributed by atoms with Crippen LogP contribution in [0.25, 0.3) is 0 Å². The zero-order valence-corrected chi connectivity index (χ0v) is 15.2. The zero-order chi connectivity index (χ0) is 17.1. The number of likely N-dealkylation sites (tertiary alicyclic amines) is 1. The number of fused-ring (bicyclic) bond motifs is 1. The Balaban J connectivity index is 1.32. The standard InChI is InChI=1S/C20H29NO4/c1-2-22-11-5-17-6-12-25-20(17)7-9-21(10-8-20)14-16-3-4-18-19(13-16)24-15-23-18/h3-4,13,17H,2,5-12,14-15H2,1H3/t17-/m1/s1. The second kappa shape index (κ2) is 7.52. The van der Waals surface area contributed by atoms with Gasteiger partial charge in [-0.1, -0.05) is 6.07 Å². The van der Waals surface area contributed by atoms with E-state index in [-0.39, 0.29) is 5.60 Å². The molecular formula is C20H29NO4. The Morgan fingerprint density at radius 3 is 2.88 bits per heavy atom. The second-order valence-electron chi connectivity index (χ2n) is 7.35. The minimum Gasteiger partial charge on any atom is -0.454 e. The van der Waals surface area contributed by atoms with Crippen LogP contribution in [0.2, 0.25) is 0 Å². The molecule has 1 atom stereocenters. The maximum atomic E-state index is 6.27. The van der Waals surface area contributed by atoms with Gasteiger partial charge in [0.05, 0.1) is 5.60 Å². The highest BCUT2D eigenvalue weighted by atomic mass is 16.7. The van der Waals surface area contributed by atoms with Crippen molar-refractivity contribution in [2.75, 3.05) is 39.7 Å². The van der Waals surface area contributed by atoms with Crippen LogP contribution in [0, 0.1) is 5.92 Å². The van der Waals surface area contributed by atoms with Crippen molar-refractivity contribution in [2.45, 2.75) is 44.8 Å². The summed E-state index contributed by atoms with van der Waals surface area (Å²) in [6.45, 7) is 8.16. The molecule has 0 amide bonds. The van der Waals surface area contributed by atoms with E-state index in [0.29, 0.717) is 12.7 Å². The molecule has 1 aromatic carbocycles. The molecule has 0 saturated carbocycles. The van der Waals surface area contributed by atoms with Gasteiger partial charge < -0.3 is 18.9 Å². The van der Waals surface area contributed by atoms with Gasteiger partial charge in [0, 0.05) is 39.5 Å². The Morgan fingerprint density at radius 2 is 2.04 bits per heavy atom. The SMILES string of the molecule is CCOCC[C@@H]1CCOC12CCN(Cc1ccc3c(c1)OCO3)CC2. The molecule has 0 aliphatic carbocycles. The zero-order valence-electron chi connectivity index (χ0n) is 15.2. The fraction of sp³-hybridized carbons (Fsp3) is 0.700. The molecule has 0 N–H and O–H groups in total. The average Bonchev–Trinajstić information content (AvgIpc) is 3.24. The van der Waals surface area contributed by atoms with Crippen LogP contribution < -0.4 is 9.47 Å².